The number of aromatic nitrogens is 2. The molecule has 0 saturated carbocycles. The van der Waals surface area contributed by atoms with Crippen LogP contribution < -0.4 is 10.1 Å². The molecule has 1 aromatic heterocycles. The second-order valence-electron chi connectivity index (χ2n) is 6.41. The van der Waals surface area contributed by atoms with Gasteiger partial charge in [0.2, 0.25) is 5.91 Å². The first-order valence-electron chi connectivity index (χ1n) is 8.62. The van der Waals surface area contributed by atoms with Gasteiger partial charge in [-0.3, -0.25) is 4.79 Å². The van der Waals surface area contributed by atoms with E-state index >= 15 is 0 Å². The molecule has 0 bridgehead atoms. The van der Waals surface area contributed by atoms with Crippen molar-refractivity contribution >= 4 is 16.9 Å². The van der Waals surface area contributed by atoms with Gasteiger partial charge in [0.1, 0.15) is 18.2 Å². The predicted octanol–water partition coefficient (Wildman–Crippen LogP) is 2.71. The van der Waals surface area contributed by atoms with Crippen molar-refractivity contribution in [2.75, 3.05) is 13.2 Å². The maximum Gasteiger partial charge on any atom is 0.226 e. The van der Waals surface area contributed by atoms with Crippen LogP contribution in [0.1, 0.15) is 11.4 Å². The number of benzene rings is 2. The van der Waals surface area contributed by atoms with Crippen molar-refractivity contribution in [2.24, 2.45) is 5.92 Å². The van der Waals surface area contributed by atoms with Crippen LogP contribution in [0.5, 0.6) is 5.75 Å². The first kappa shape index (κ1) is 15.7. The number of nitrogens with one attached hydrogen (secondary N) is 1. The summed E-state index contributed by atoms with van der Waals surface area (Å²) < 4.78 is 7.85. The second-order valence-corrected chi connectivity index (χ2v) is 6.41. The van der Waals surface area contributed by atoms with E-state index < -0.39 is 0 Å². The fraction of sp³-hybridized carbons (Fsp3) is 0.300. The first-order valence-corrected chi connectivity index (χ1v) is 8.62. The van der Waals surface area contributed by atoms with Crippen LogP contribution in [-0.2, 0) is 17.8 Å². The van der Waals surface area contributed by atoms with Gasteiger partial charge in [-0.05, 0) is 37.1 Å². The van der Waals surface area contributed by atoms with Gasteiger partial charge in [0, 0.05) is 13.1 Å². The zero-order chi connectivity index (χ0) is 17.2. The number of rotatable bonds is 4. The molecule has 1 aliphatic rings. The van der Waals surface area contributed by atoms with Crippen LogP contribution in [-0.4, -0.2) is 28.6 Å². The number of aryl methyl sites for hydroxylation is 1. The third kappa shape index (κ3) is 3.09. The summed E-state index contributed by atoms with van der Waals surface area (Å²) in [6, 6.07) is 16.0. The fourth-order valence-corrected chi connectivity index (χ4v) is 3.41. The van der Waals surface area contributed by atoms with Crippen LogP contribution in [0.4, 0.5) is 0 Å². The highest BCUT2D eigenvalue weighted by Gasteiger charge is 2.25. The molecule has 2 aromatic carbocycles. The molecule has 0 spiro atoms. The molecule has 4 rings (SSSR count). The highest BCUT2D eigenvalue weighted by Crippen LogP contribution is 2.26. The molecule has 1 atom stereocenters. The zero-order valence-electron chi connectivity index (χ0n) is 14.2. The number of hydrogen-bond donors (Lipinski definition) is 1. The second kappa shape index (κ2) is 6.59. The van der Waals surface area contributed by atoms with Crippen molar-refractivity contribution in [3.8, 4) is 5.75 Å². The largest absolute Gasteiger partial charge is 0.492 e. The molecule has 5 nitrogen and oxygen atoms in total. The summed E-state index contributed by atoms with van der Waals surface area (Å²) in [5.74, 6) is 1.78. The van der Waals surface area contributed by atoms with E-state index in [1.54, 1.807) is 0 Å². The molecule has 0 saturated heterocycles. The first-order chi connectivity index (χ1) is 12.2. The summed E-state index contributed by atoms with van der Waals surface area (Å²) in [7, 11) is 0. The lowest BCUT2D eigenvalue weighted by Crippen LogP contribution is -2.38. The van der Waals surface area contributed by atoms with Gasteiger partial charge < -0.3 is 14.6 Å². The normalized spacial score (nSPS) is 16.3. The quantitative estimate of drug-likeness (QED) is 0.797. The van der Waals surface area contributed by atoms with E-state index in [9.17, 15) is 4.79 Å². The Hall–Kier alpha value is -2.82. The number of para-hydroxylation sites is 3. The molecular formula is C20H21N3O2. The van der Waals surface area contributed by atoms with Gasteiger partial charge in [-0.1, -0.05) is 30.3 Å². The average molecular weight is 335 g/mol. The van der Waals surface area contributed by atoms with Crippen LogP contribution in [0, 0.1) is 12.8 Å². The highest BCUT2D eigenvalue weighted by molar-refractivity contribution is 5.79. The van der Waals surface area contributed by atoms with Crippen LogP contribution in [0.15, 0.2) is 48.5 Å². The van der Waals surface area contributed by atoms with Crippen molar-refractivity contribution in [3.63, 3.8) is 0 Å². The molecule has 1 N–H and O–H groups in total. The topological polar surface area (TPSA) is 56.2 Å². The van der Waals surface area contributed by atoms with E-state index in [1.165, 1.54) is 0 Å². The molecule has 3 aromatic rings. The van der Waals surface area contributed by atoms with Gasteiger partial charge in [0.25, 0.3) is 0 Å². The van der Waals surface area contributed by atoms with E-state index in [1.807, 2.05) is 49.4 Å². The third-order valence-electron chi connectivity index (χ3n) is 4.73. The number of fused-ring (bicyclic) bond motifs is 2. The Kier molecular flexibility index (Phi) is 4.14. The zero-order valence-corrected chi connectivity index (χ0v) is 14.2. The monoisotopic (exact) mass is 335 g/mol. The average Bonchev–Trinajstić information content (AvgIpc) is 2.96. The van der Waals surface area contributed by atoms with Gasteiger partial charge in [-0.2, -0.15) is 0 Å². The van der Waals surface area contributed by atoms with Gasteiger partial charge in [0.15, 0.2) is 0 Å². The molecule has 1 aliphatic heterocycles. The molecular weight excluding hydrogens is 314 g/mol. The molecule has 128 valence electrons. The minimum atomic E-state index is -0.129. The summed E-state index contributed by atoms with van der Waals surface area (Å²) in [5, 5.41) is 3.05. The molecule has 25 heavy (non-hydrogen) atoms. The predicted molar refractivity (Wildman–Crippen MR) is 96.6 cm³/mol. The third-order valence-corrected chi connectivity index (χ3v) is 4.73. The summed E-state index contributed by atoms with van der Waals surface area (Å²) in [5.41, 5.74) is 3.19. The minimum Gasteiger partial charge on any atom is -0.492 e. The van der Waals surface area contributed by atoms with E-state index in [4.69, 9.17) is 4.74 Å². The maximum absolute atomic E-state index is 12.5. The molecule has 1 unspecified atom stereocenters. The van der Waals surface area contributed by atoms with E-state index in [0.717, 1.165) is 34.6 Å². The maximum atomic E-state index is 12.5. The number of ether oxygens (including phenoxy) is 1. The van der Waals surface area contributed by atoms with Crippen LogP contribution in [0.25, 0.3) is 11.0 Å². The van der Waals surface area contributed by atoms with Crippen LogP contribution >= 0.6 is 0 Å². The number of carbonyl (C=O) groups is 1. The summed E-state index contributed by atoms with van der Waals surface area (Å²) in [6.07, 6.45) is 0.731. The summed E-state index contributed by atoms with van der Waals surface area (Å²) in [4.78, 5) is 17.0. The van der Waals surface area contributed by atoms with Gasteiger partial charge in [0.05, 0.1) is 17.0 Å². The molecule has 0 aliphatic carbocycles. The van der Waals surface area contributed by atoms with Gasteiger partial charge in [-0.15, -0.1) is 0 Å². The molecule has 0 fully saturated rings. The Morgan fingerprint density at radius 2 is 2.04 bits per heavy atom. The lowest BCUT2D eigenvalue weighted by Gasteiger charge is -2.24. The Morgan fingerprint density at radius 3 is 2.96 bits per heavy atom. The number of carbonyl (C=O) groups excluding carboxylic acids is 1. The van der Waals surface area contributed by atoms with Crippen LogP contribution in [0.2, 0.25) is 0 Å². The minimum absolute atomic E-state index is 0.0524. The molecule has 5 heteroatoms. The van der Waals surface area contributed by atoms with Crippen molar-refractivity contribution in [3.05, 3.63) is 59.9 Å². The standard InChI is InChI=1S/C20H21N3O2/c1-14-22-17-7-3-4-8-18(17)23(14)11-10-21-20(24)16-12-15-6-2-5-9-19(15)25-13-16/h2-9,16H,10-13H2,1H3,(H,21,24). The van der Waals surface area contributed by atoms with Crippen molar-refractivity contribution in [1.29, 1.82) is 0 Å². The molecule has 2 heterocycles. The van der Waals surface area contributed by atoms with Crippen molar-refractivity contribution in [2.45, 2.75) is 19.9 Å². The Balaban J connectivity index is 1.37. The number of nitrogens with zero attached hydrogens (tertiary/aromatic N) is 2. The Bertz CT molecular complexity index is 916. The van der Waals surface area contributed by atoms with E-state index in [0.29, 0.717) is 19.7 Å². The van der Waals surface area contributed by atoms with Crippen molar-refractivity contribution in [1.82, 2.24) is 14.9 Å². The summed E-state index contributed by atoms with van der Waals surface area (Å²) >= 11 is 0. The summed E-state index contributed by atoms with van der Waals surface area (Å²) in [6.45, 7) is 3.73. The number of amides is 1. The van der Waals surface area contributed by atoms with E-state index in [2.05, 4.69) is 20.9 Å². The molecule has 0 radical (unpaired) electrons. The van der Waals surface area contributed by atoms with Crippen molar-refractivity contribution < 1.29 is 9.53 Å². The fourth-order valence-electron chi connectivity index (χ4n) is 3.41. The Morgan fingerprint density at radius 1 is 1.24 bits per heavy atom. The number of hydrogen-bond acceptors (Lipinski definition) is 3. The lowest BCUT2D eigenvalue weighted by atomic mass is 9.96. The SMILES string of the molecule is Cc1nc2ccccc2n1CCNC(=O)C1COc2ccccc2C1. The highest BCUT2D eigenvalue weighted by atomic mass is 16.5. The lowest BCUT2D eigenvalue weighted by molar-refractivity contribution is -0.126. The van der Waals surface area contributed by atoms with Gasteiger partial charge >= 0.3 is 0 Å². The number of imidazole rings is 1. The van der Waals surface area contributed by atoms with Crippen LogP contribution in [0.3, 0.4) is 0 Å². The van der Waals surface area contributed by atoms with E-state index in [-0.39, 0.29) is 11.8 Å². The molecule has 1 amide bonds. The Labute approximate surface area is 146 Å². The van der Waals surface area contributed by atoms with Gasteiger partial charge in [-0.25, -0.2) is 4.98 Å². The smallest absolute Gasteiger partial charge is 0.226 e.